The van der Waals surface area contributed by atoms with Crippen molar-refractivity contribution in [2.75, 3.05) is 13.1 Å². The maximum Gasteiger partial charge on any atom is 0.292 e. The Kier molecular flexibility index (Phi) is 3.47. The van der Waals surface area contributed by atoms with Gasteiger partial charge < -0.3 is 15.2 Å². The molecule has 0 spiro atoms. The van der Waals surface area contributed by atoms with Crippen LogP contribution in [0, 0.1) is 0 Å². The molecule has 2 heterocycles. The van der Waals surface area contributed by atoms with Crippen molar-refractivity contribution in [1.29, 1.82) is 0 Å². The summed E-state index contributed by atoms with van der Waals surface area (Å²) in [6, 6.07) is 8.15. The first-order valence-electron chi connectivity index (χ1n) is 6.70. The summed E-state index contributed by atoms with van der Waals surface area (Å²) >= 11 is 0. The van der Waals surface area contributed by atoms with Crippen LogP contribution in [0.2, 0.25) is 0 Å². The van der Waals surface area contributed by atoms with E-state index in [2.05, 4.69) is 32.9 Å². The number of hydrogen-bond acceptors (Lipinski definition) is 5. The summed E-state index contributed by atoms with van der Waals surface area (Å²) in [5.41, 5.74) is 2.40. The van der Waals surface area contributed by atoms with Crippen LogP contribution < -0.4 is 10.6 Å². The summed E-state index contributed by atoms with van der Waals surface area (Å²) in [7, 11) is 0. The minimum atomic E-state index is -0.306. The van der Waals surface area contributed by atoms with E-state index in [9.17, 15) is 4.79 Å². The Morgan fingerprint density at radius 1 is 1.50 bits per heavy atom. The summed E-state index contributed by atoms with van der Waals surface area (Å²) in [5, 5.41) is 9.74. The largest absolute Gasteiger partial charge is 0.349 e. The van der Waals surface area contributed by atoms with Crippen molar-refractivity contribution in [3.8, 4) is 0 Å². The van der Waals surface area contributed by atoms with E-state index in [0.717, 1.165) is 13.1 Å². The van der Waals surface area contributed by atoms with Gasteiger partial charge in [0.05, 0.1) is 5.92 Å². The Hall–Kier alpha value is -2.21. The molecule has 3 rings (SSSR count). The molecule has 0 bridgehead atoms. The van der Waals surface area contributed by atoms with Crippen molar-refractivity contribution >= 4 is 5.91 Å². The average Bonchev–Trinajstić information content (AvgIpc) is 2.97. The molecule has 1 aliphatic rings. The number of aromatic nitrogens is 2. The smallest absolute Gasteiger partial charge is 0.292 e. The molecular weight excluding hydrogens is 256 g/mol. The van der Waals surface area contributed by atoms with E-state index in [-0.39, 0.29) is 17.6 Å². The molecule has 1 amide bonds. The first-order chi connectivity index (χ1) is 9.79. The van der Waals surface area contributed by atoms with Crippen LogP contribution in [0.1, 0.15) is 40.5 Å². The highest BCUT2D eigenvalue weighted by Gasteiger charge is 2.27. The van der Waals surface area contributed by atoms with Crippen LogP contribution in [0.5, 0.6) is 0 Å². The van der Waals surface area contributed by atoms with E-state index in [4.69, 9.17) is 4.52 Å². The van der Waals surface area contributed by atoms with E-state index >= 15 is 0 Å². The lowest BCUT2D eigenvalue weighted by atomic mass is 9.91. The summed E-state index contributed by atoms with van der Waals surface area (Å²) in [6.07, 6.45) is 0. The quantitative estimate of drug-likeness (QED) is 0.873. The maximum absolute atomic E-state index is 11.7. The van der Waals surface area contributed by atoms with Crippen LogP contribution in [0.4, 0.5) is 0 Å². The van der Waals surface area contributed by atoms with Crippen molar-refractivity contribution in [3.63, 3.8) is 0 Å². The lowest BCUT2D eigenvalue weighted by Gasteiger charge is -2.23. The summed E-state index contributed by atoms with van der Waals surface area (Å²) in [4.78, 5) is 15.9. The highest BCUT2D eigenvalue weighted by Crippen LogP contribution is 2.28. The molecule has 0 aliphatic carbocycles. The third-order valence-corrected chi connectivity index (χ3v) is 3.37. The van der Waals surface area contributed by atoms with Gasteiger partial charge in [-0.25, -0.2) is 0 Å². The Labute approximate surface area is 116 Å². The van der Waals surface area contributed by atoms with Crippen LogP contribution in [-0.4, -0.2) is 29.1 Å². The third-order valence-electron chi connectivity index (χ3n) is 3.37. The second-order valence-electron chi connectivity index (χ2n) is 4.70. The molecule has 20 heavy (non-hydrogen) atoms. The van der Waals surface area contributed by atoms with Crippen molar-refractivity contribution in [3.05, 3.63) is 47.1 Å². The molecular formula is C14H16N4O2. The highest BCUT2D eigenvalue weighted by molar-refractivity contribution is 5.90. The second-order valence-corrected chi connectivity index (χ2v) is 4.70. The van der Waals surface area contributed by atoms with Crippen LogP contribution in [0.25, 0.3) is 0 Å². The maximum atomic E-state index is 11.7. The summed E-state index contributed by atoms with van der Waals surface area (Å²) < 4.78 is 5.27. The molecule has 6 nitrogen and oxygen atoms in total. The Bertz CT molecular complexity index is 623. The number of hydrogen-bond donors (Lipinski definition) is 2. The number of rotatable bonds is 3. The van der Waals surface area contributed by atoms with Crippen molar-refractivity contribution in [2.45, 2.75) is 19.4 Å². The first kappa shape index (κ1) is 12.8. The van der Waals surface area contributed by atoms with Gasteiger partial charge in [0.1, 0.15) is 0 Å². The summed E-state index contributed by atoms with van der Waals surface area (Å²) in [5.74, 6) is 0.256. The van der Waals surface area contributed by atoms with Gasteiger partial charge in [0.15, 0.2) is 0 Å². The zero-order chi connectivity index (χ0) is 13.9. The molecule has 0 radical (unpaired) electrons. The molecule has 104 valence electrons. The van der Waals surface area contributed by atoms with Gasteiger partial charge in [-0.15, -0.1) is 0 Å². The number of fused-ring (bicyclic) bond motifs is 1. The van der Waals surface area contributed by atoms with Crippen LogP contribution in [0.3, 0.4) is 0 Å². The molecule has 1 aromatic heterocycles. The van der Waals surface area contributed by atoms with E-state index < -0.39 is 0 Å². The number of carbonyl (C=O) groups excluding carboxylic acids is 1. The average molecular weight is 272 g/mol. The number of nitrogens with zero attached hydrogens (tertiary/aromatic N) is 2. The van der Waals surface area contributed by atoms with Crippen LogP contribution in [-0.2, 0) is 6.54 Å². The van der Waals surface area contributed by atoms with E-state index in [1.54, 1.807) is 0 Å². The lowest BCUT2D eigenvalue weighted by Crippen LogP contribution is -2.29. The number of benzene rings is 1. The standard InChI is InChI=1S/C14H16N4O2/c1-2-16-13(19)12-17-14(20-18-12)11-8-15-7-9-5-3-4-6-10(9)11/h3-6,11,15H,2,7-8H2,1H3,(H,16,19). The number of carbonyl (C=O) groups is 1. The van der Waals surface area contributed by atoms with Gasteiger partial charge >= 0.3 is 0 Å². The Balaban J connectivity index is 1.89. The van der Waals surface area contributed by atoms with Gasteiger partial charge in [0, 0.05) is 19.6 Å². The fraction of sp³-hybridized carbons (Fsp3) is 0.357. The minimum absolute atomic E-state index is 0.00405. The zero-order valence-electron chi connectivity index (χ0n) is 11.2. The van der Waals surface area contributed by atoms with Crippen molar-refractivity contribution in [2.24, 2.45) is 0 Å². The normalized spacial score (nSPS) is 17.6. The second kappa shape index (κ2) is 5.42. The number of nitrogens with one attached hydrogen (secondary N) is 2. The van der Waals surface area contributed by atoms with Crippen molar-refractivity contribution in [1.82, 2.24) is 20.8 Å². The third kappa shape index (κ3) is 2.30. The van der Waals surface area contributed by atoms with Gasteiger partial charge in [-0.2, -0.15) is 4.98 Å². The SMILES string of the molecule is CCNC(=O)c1noc(C2CNCc3ccccc32)n1. The van der Waals surface area contributed by atoms with E-state index in [1.807, 2.05) is 19.1 Å². The van der Waals surface area contributed by atoms with Gasteiger partial charge in [-0.1, -0.05) is 29.4 Å². The fourth-order valence-electron chi connectivity index (χ4n) is 2.43. The lowest BCUT2D eigenvalue weighted by molar-refractivity contribution is 0.0942. The Morgan fingerprint density at radius 3 is 3.20 bits per heavy atom. The molecule has 6 heteroatoms. The van der Waals surface area contributed by atoms with Crippen LogP contribution >= 0.6 is 0 Å². The van der Waals surface area contributed by atoms with Crippen molar-refractivity contribution < 1.29 is 9.32 Å². The predicted octanol–water partition coefficient (Wildman–Crippen LogP) is 1.05. The molecule has 1 aromatic carbocycles. The topological polar surface area (TPSA) is 80.0 Å². The molecule has 1 atom stereocenters. The number of amides is 1. The summed E-state index contributed by atoms with van der Waals surface area (Å²) in [6.45, 7) is 3.95. The van der Waals surface area contributed by atoms with Gasteiger partial charge in [-0.05, 0) is 18.1 Å². The predicted molar refractivity (Wildman–Crippen MR) is 72.3 cm³/mol. The Morgan fingerprint density at radius 2 is 2.35 bits per heavy atom. The molecule has 1 aliphatic heterocycles. The van der Waals surface area contributed by atoms with Gasteiger partial charge in [0.25, 0.3) is 11.7 Å². The molecule has 0 fully saturated rings. The molecule has 1 unspecified atom stereocenters. The van der Waals surface area contributed by atoms with E-state index in [0.29, 0.717) is 12.4 Å². The minimum Gasteiger partial charge on any atom is -0.349 e. The first-order valence-corrected chi connectivity index (χ1v) is 6.70. The van der Waals surface area contributed by atoms with Gasteiger partial charge in [-0.3, -0.25) is 4.79 Å². The fourth-order valence-corrected chi connectivity index (χ4v) is 2.43. The zero-order valence-corrected chi connectivity index (χ0v) is 11.2. The molecule has 2 aromatic rings. The molecule has 0 saturated heterocycles. The van der Waals surface area contributed by atoms with Gasteiger partial charge in [0.2, 0.25) is 5.89 Å². The highest BCUT2D eigenvalue weighted by atomic mass is 16.5. The monoisotopic (exact) mass is 272 g/mol. The van der Waals surface area contributed by atoms with E-state index in [1.165, 1.54) is 11.1 Å². The molecule has 0 saturated carbocycles. The van der Waals surface area contributed by atoms with Crippen LogP contribution in [0.15, 0.2) is 28.8 Å². The molecule has 2 N–H and O–H groups in total.